The SMILES string of the molecule is NCCc1c(Oc2cccc(Cl)c2F)nc2sccn12. The van der Waals surface area contributed by atoms with Crippen molar-refractivity contribution in [3.8, 4) is 11.6 Å². The zero-order chi connectivity index (χ0) is 14.1. The standard InChI is InChI=1S/C13H11ClFN3OS/c14-8-2-1-3-10(11(8)15)19-12-9(4-5-16)18-6-7-20-13(18)17-12/h1-3,6-7H,4-5,16H2. The fraction of sp³-hybridized carbons (Fsp3) is 0.154. The van der Waals surface area contributed by atoms with Crippen LogP contribution in [0.1, 0.15) is 5.69 Å². The van der Waals surface area contributed by atoms with Crippen LogP contribution in [0.3, 0.4) is 0 Å². The molecule has 1 aromatic carbocycles. The molecular formula is C13H11ClFN3OS. The summed E-state index contributed by atoms with van der Waals surface area (Å²) in [5.74, 6) is -0.172. The van der Waals surface area contributed by atoms with Gasteiger partial charge >= 0.3 is 0 Å². The second kappa shape index (κ2) is 5.40. The molecule has 7 heteroatoms. The first-order valence-corrected chi connectivity index (χ1v) is 7.23. The Morgan fingerprint density at radius 3 is 3.10 bits per heavy atom. The second-order valence-electron chi connectivity index (χ2n) is 4.11. The fourth-order valence-corrected chi connectivity index (χ4v) is 2.82. The minimum absolute atomic E-state index is 0.0175. The maximum atomic E-state index is 13.9. The number of hydrogen-bond donors (Lipinski definition) is 1. The lowest BCUT2D eigenvalue weighted by Gasteiger charge is -2.07. The molecule has 3 rings (SSSR count). The van der Waals surface area contributed by atoms with Gasteiger partial charge in [0.1, 0.15) is 0 Å². The lowest BCUT2D eigenvalue weighted by molar-refractivity contribution is 0.425. The van der Waals surface area contributed by atoms with Gasteiger partial charge in [-0.15, -0.1) is 11.3 Å². The van der Waals surface area contributed by atoms with E-state index >= 15 is 0 Å². The van der Waals surface area contributed by atoms with Crippen molar-refractivity contribution in [3.05, 3.63) is 46.3 Å². The van der Waals surface area contributed by atoms with Gasteiger partial charge in [0.25, 0.3) is 0 Å². The van der Waals surface area contributed by atoms with Crippen molar-refractivity contribution in [3.63, 3.8) is 0 Å². The van der Waals surface area contributed by atoms with Crippen molar-refractivity contribution in [1.29, 1.82) is 0 Å². The summed E-state index contributed by atoms with van der Waals surface area (Å²) in [4.78, 5) is 5.13. The smallest absolute Gasteiger partial charge is 0.242 e. The molecule has 0 saturated carbocycles. The fourth-order valence-electron chi connectivity index (χ4n) is 1.93. The summed E-state index contributed by atoms with van der Waals surface area (Å²) in [6.45, 7) is 0.456. The van der Waals surface area contributed by atoms with Gasteiger partial charge in [-0.1, -0.05) is 17.7 Å². The number of imidazole rings is 1. The highest BCUT2D eigenvalue weighted by molar-refractivity contribution is 7.15. The van der Waals surface area contributed by atoms with Gasteiger partial charge in [0.2, 0.25) is 5.88 Å². The number of benzene rings is 1. The predicted octanol–water partition coefficient (Wildman–Crippen LogP) is 3.48. The second-order valence-corrected chi connectivity index (χ2v) is 5.39. The van der Waals surface area contributed by atoms with Crippen molar-refractivity contribution in [2.45, 2.75) is 6.42 Å². The minimum Gasteiger partial charge on any atom is -0.434 e. The molecule has 4 nitrogen and oxygen atoms in total. The Balaban J connectivity index is 2.03. The van der Waals surface area contributed by atoms with Gasteiger partial charge in [0.05, 0.1) is 10.7 Å². The number of nitrogens with two attached hydrogens (primary N) is 1. The predicted molar refractivity (Wildman–Crippen MR) is 77.3 cm³/mol. The molecule has 2 aromatic heterocycles. The van der Waals surface area contributed by atoms with Crippen molar-refractivity contribution in [2.24, 2.45) is 5.73 Å². The number of nitrogens with zero attached hydrogens (tertiary/aromatic N) is 2. The van der Waals surface area contributed by atoms with Crippen LogP contribution in [-0.2, 0) is 6.42 Å². The monoisotopic (exact) mass is 311 g/mol. The van der Waals surface area contributed by atoms with E-state index in [9.17, 15) is 4.39 Å². The molecule has 2 N–H and O–H groups in total. The molecule has 0 unspecified atom stereocenters. The van der Waals surface area contributed by atoms with Gasteiger partial charge in [0, 0.05) is 18.0 Å². The van der Waals surface area contributed by atoms with Gasteiger partial charge in [-0.3, -0.25) is 4.40 Å². The van der Waals surface area contributed by atoms with Crippen LogP contribution in [0, 0.1) is 5.82 Å². The lowest BCUT2D eigenvalue weighted by Crippen LogP contribution is -2.06. The Bertz CT molecular complexity index is 755. The number of ether oxygens (including phenoxy) is 1. The molecule has 0 fully saturated rings. The van der Waals surface area contributed by atoms with Crippen LogP contribution in [0.5, 0.6) is 11.6 Å². The zero-order valence-electron chi connectivity index (χ0n) is 10.3. The van der Waals surface area contributed by atoms with E-state index < -0.39 is 5.82 Å². The molecule has 0 amide bonds. The third-order valence-corrected chi connectivity index (χ3v) is 3.88. The molecular weight excluding hydrogens is 301 g/mol. The van der Waals surface area contributed by atoms with Crippen LogP contribution in [0.4, 0.5) is 4.39 Å². The molecule has 0 spiro atoms. The highest BCUT2D eigenvalue weighted by Crippen LogP contribution is 2.31. The zero-order valence-corrected chi connectivity index (χ0v) is 11.9. The summed E-state index contributed by atoms with van der Waals surface area (Å²) in [6.07, 6.45) is 2.48. The number of hydrogen-bond acceptors (Lipinski definition) is 4. The van der Waals surface area contributed by atoms with Gasteiger partial charge in [-0.25, -0.2) is 4.39 Å². The number of rotatable bonds is 4. The maximum Gasteiger partial charge on any atom is 0.242 e. The first-order valence-electron chi connectivity index (χ1n) is 5.97. The minimum atomic E-state index is -0.593. The first kappa shape index (κ1) is 13.4. The summed E-state index contributed by atoms with van der Waals surface area (Å²) in [5, 5.41) is 1.94. The average Bonchev–Trinajstić information content (AvgIpc) is 2.99. The van der Waals surface area contributed by atoms with Crippen LogP contribution in [-0.4, -0.2) is 15.9 Å². The Hall–Kier alpha value is -1.63. The van der Waals surface area contributed by atoms with E-state index in [4.69, 9.17) is 22.1 Å². The Morgan fingerprint density at radius 1 is 1.45 bits per heavy atom. The normalized spacial score (nSPS) is 11.2. The molecule has 0 aliphatic rings. The number of thiazole rings is 1. The van der Waals surface area contributed by atoms with Crippen LogP contribution in [0.2, 0.25) is 5.02 Å². The van der Waals surface area contributed by atoms with E-state index in [2.05, 4.69) is 4.98 Å². The number of halogens is 2. The molecule has 0 radical (unpaired) electrons. The summed E-state index contributed by atoms with van der Waals surface area (Å²) in [6, 6.07) is 4.61. The van der Waals surface area contributed by atoms with Crippen molar-refractivity contribution in [1.82, 2.24) is 9.38 Å². The molecule has 0 saturated heterocycles. The van der Waals surface area contributed by atoms with Crippen molar-refractivity contribution in [2.75, 3.05) is 6.54 Å². The van der Waals surface area contributed by atoms with E-state index in [1.54, 1.807) is 6.07 Å². The van der Waals surface area contributed by atoms with Crippen LogP contribution < -0.4 is 10.5 Å². The van der Waals surface area contributed by atoms with Crippen LogP contribution in [0.25, 0.3) is 4.96 Å². The number of fused-ring (bicyclic) bond motifs is 1. The molecule has 0 aliphatic heterocycles. The molecule has 0 bridgehead atoms. The number of aromatic nitrogens is 2. The molecule has 20 heavy (non-hydrogen) atoms. The van der Waals surface area contributed by atoms with Crippen molar-refractivity contribution < 1.29 is 9.13 Å². The van der Waals surface area contributed by atoms with Crippen LogP contribution >= 0.6 is 22.9 Å². The van der Waals surface area contributed by atoms with Gasteiger partial charge in [-0.05, 0) is 18.7 Å². The highest BCUT2D eigenvalue weighted by atomic mass is 35.5. The van der Waals surface area contributed by atoms with Crippen LogP contribution in [0.15, 0.2) is 29.8 Å². The van der Waals surface area contributed by atoms with E-state index in [0.717, 1.165) is 10.7 Å². The summed E-state index contributed by atoms with van der Waals surface area (Å²) in [7, 11) is 0. The highest BCUT2D eigenvalue weighted by Gasteiger charge is 2.17. The third kappa shape index (κ3) is 2.26. The van der Waals surface area contributed by atoms with Gasteiger partial charge in [0.15, 0.2) is 16.5 Å². The maximum absolute atomic E-state index is 13.9. The molecule has 104 valence electrons. The Kier molecular flexibility index (Phi) is 3.60. The van der Waals surface area contributed by atoms with Crippen molar-refractivity contribution >= 4 is 27.9 Å². The Labute approximate surface area is 123 Å². The Morgan fingerprint density at radius 2 is 2.30 bits per heavy atom. The molecule has 2 heterocycles. The summed E-state index contributed by atoms with van der Waals surface area (Å²) in [5.41, 5.74) is 6.43. The van der Waals surface area contributed by atoms with E-state index in [-0.39, 0.29) is 10.8 Å². The van der Waals surface area contributed by atoms with Gasteiger partial charge < -0.3 is 10.5 Å². The first-order chi connectivity index (χ1) is 9.70. The quantitative estimate of drug-likeness (QED) is 0.802. The lowest BCUT2D eigenvalue weighted by atomic mass is 10.3. The molecule has 0 aliphatic carbocycles. The largest absolute Gasteiger partial charge is 0.434 e. The average molecular weight is 312 g/mol. The topological polar surface area (TPSA) is 52.5 Å². The summed E-state index contributed by atoms with van der Waals surface area (Å²) < 4.78 is 21.3. The molecule has 0 atom stereocenters. The van der Waals surface area contributed by atoms with Gasteiger partial charge in [-0.2, -0.15) is 4.98 Å². The van der Waals surface area contributed by atoms with E-state index in [0.29, 0.717) is 18.8 Å². The van der Waals surface area contributed by atoms with E-state index in [1.165, 1.54) is 23.5 Å². The summed E-state index contributed by atoms with van der Waals surface area (Å²) >= 11 is 7.22. The molecule has 3 aromatic rings. The van der Waals surface area contributed by atoms with E-state index in [1.807, 2.05) is 16.0 Å². The third-order valence-electron chi connectivity index (χ3n) is 2.83.